The van der Waals surface area contributed by atoms with Crippen LogP contribution >= 0.6 is 22.6 Å². The Hall–Kier alpha value is -1.98. The fourth-order valence-electron chi connectivity index (χ4n) is 2.97. The summed E-state index contributed by atoms with van der Waals surface area (Å²) >= 11 is 2.00. The molecule has 0 aromatic heterocycles. The molecule has 2 aromatic rings. The first-order chi connectivity index (χ1) is 13.2. The number of amides is 1. The molecule has 0 spiro atoms. The van der Waals surface area contributed by atoms with Gasteiger partial charge in [0.2, 0.25) is 10.0 Å². The molecule has 1 heterocycles. The first-order valence-electron chi connectivity index (χ1n) is 8.43. The Kier molecular flexibility index (Phi) is 6.06. The third-order valence-corrected chi connectivity index (χ3v) is 6.57. The summed E-state index contributed by atoms with van der Waals surface area (Å²) in [6.45, 7) is 1.62. The summed E-state index contributed by atoms with van der Waals surface area (Å²) in [5, 5.41) is 2.96. The van der Waals surface area contributed by atoms with Crippen LogP contribution in [0.3, 0.4) is 0 Å². The topological polar surface area (TPSA) is 78.5 Å². The predicted octanol–water partition coefficient (Wildman–Crippen LogP) is 2.93. The molecule has 2 atom stereocenters. The molecule has 6 nitrogen and oxygen atoms in total. The maximum absolute atomic E-state index is 14.3. The molecule has 1 aliphatic rings. The molecule has 3 rings (SSSR count). The predicted molar refractivity (Wildman–Crippen MR) is 114 cm³/mol. The van der Waals surface area contributed by atoms with Gasteiger partial charge < -0.3 is 10.2 Å². The van der Waals surface area contributed by atoms with Gasteiger partial charge in [-0.15, -0.1) is 0 Å². The van der Waals surface area contributed by atoms with Crippen molar-refractivity contribution in [3.63, 3.8) is 0 Å². The average Bonchev–Trinajstić information content (AvgIpc) is 2.65. The average molecular weight is 515 g/mol. The Morgan fingerprint density at radius 2 is 1.82 bits per heavy atom. The summed E-state index contributed by atoms with van der Waals surface area (Å²) in [6, 6.07) is 11.8. The number of likely N-dealkylation sites (N-methyl/N-ethyl adjacent to an activating group) is 1. The largest absolute Gasteiger partial charge is 0.361 e. The number of anilines is 1. The van der Waals surface area contributed by atoms with Crippen molar-refractivity contribution < 1.29 is 17.6 Å². The standard InChI is InChI=1S/C19H19FIN3O3S/c1-12-10-17(23-28(26,27)14-6-4-3-5-7-14)18(24(2)19(12)25)22-16-9-8-13(21)11-15(16)20/h3-11,17-18,22-23H,1-2H3. The molecule has 0 bridgehead atoms. The second kappa shape index (κ2) is 8.18. The highest BCUT2D eigenvalue weighted by molar-refractivity contribution is 14.1. The van der Waals surface area contributed by atoms with Gasteiger partial charge >= 0.3 is 0 Å². The fourth-order valence-corrected chi connectivity index (χ4v) is 4.63. The van der Waals surface area contributed by atoms with Crippen LogP contribution in [-0.4, -0.2) is 38.5 Å². The third-order valence-electron chi connectivity index (χ3n) is 4.42. The van der Waals surface area contributed by atoms with Crippen LogP contribution in [0, 0.1) is 9.39 Å². The summed E-state index contributed by atoms with van der Waals surface area (Å²) in [5.74, 6) is -0.748. The lowest BCUT2D eigenvalue weighted by atomic mass is 10.0. The highest BCUT2D eigenvalue weighted by atomic mass is 127. The number of halogens is 2. The van der Waals surface area contributed by atoms with Crippen LogP contribution in [0.4, 0.5) is 10.1 Å². The van der Waals surface area contributed by atoms with E-state index in [-0.39, 0.29) is 16.5 Å². The molecule has 0 saturated carbocycles. The monoisotopic (exact) mass is 515 g/mol. The van der Waals surface area contributed by atoms with E-state index < -0.39 is 28.0 Å². The number of carbonyl (C=O) groups excluding carboxylic acids is 1. The molecule has 28 heavy (non-hydrogen) atoms. The lowest BCUT2D eigenvalue weighted by molar-refractivity contribution is -0.128. The molecule has 1 amide bonds. The number of sulfonamides is 1. The minimum atomic E-state index is -3.83. The van der Waals surface area contributed by atoms with Gasteiger partial charge in [-0.05, 0) is 59.8 Å². The van der Waals surface area contributed by atoms with Gasteiger partial charge in [0.1, 0.15) is 12.0 Å². The Labute approximate surface area is 177 Å². The molecule has 0 fully saturated rings. The van der Waals surface area contributed by atoms with E-state index in [1.807, 2.05) is 22.6 Å². The molecule has 2 aromatic carbocycles. The highest BCUT2D eigenvalue weighted by Gasteiger charge is 2.35. The van der Waals surface area contributed by atoms with Gasteiger partial charge in [-0.3, -0.25) is 4.79 Å². The lowest BCUT2D eigenvalue weighted by Gasteiger charge is -2.38. The van der Waals surface area contributed by atoms with Crippen LogP contribution in [0.2, 0.25) is 0 Å². The smallest absolute Gasteiger partial charge is 0.250 e. The van der Waals surface area contributed by atoms with E-state index in [1.54, 1.807) is 50.4 Å². The van der Waals surface area contributed by atoms with Crippen molar-refractivity contribution in [2.24, 2.45) is 0 Å². The van der Waals surface area contributed by atoms with Crippen molar-refractivity contribution in [1.82, 2.24) is 9.62 Å². The molecule has 2 N–H and O–H groups in total. The van der Waals surface area contributed by atoms with Crippen molar-refractivity contribution in [2.75, 3.05) is 12.4 Å². The van der Waals surface area contributed by atoms with Gasteiger partial charge in [-0.1, -0.05) is 24.3 Å². The number of hydrogen-bond acceptors (Lipinski definition) is 4. The van der Waals surface area contributed by atoms with E-state index in [9.17, 15) is 17.6 Å². The second-order valence-electron chi connectivity index (χ2n) is 6.44. The lowest BCUT2D eigenvalue weighted by Crippen LogP contribution is -2.58. The van der Waals surface area contributed by atoms with E-state index >= 15 is 0 Å². The van der Waals surface area contributed by atoms with Crippen molar-refractivity contribution >= 4 is 44.2 Å². The van der Waals surface area contributed by atoms with Gasteiger partial charge in [0.05, 0.1) is 16.6 Å². The minimum absolute atomic E-state index is 0.111. The van der Waals surface area contributed by atoms with E-state index in [0.717, 1.165) is 3.57 Å². The van der Waals surface area contributed by atoms with E-state index in [2.05, 4.69) is 10.0 Å². The molecule has 0 saturated heterocycles. The Morgan fingerprint density at radius 1 is 1.14 bits per heavy atom. The maximum atomic E-state index is 14.3. The van der Waals surface area contributed by atoms with E-state index in [1.165, 1.54) is 23.1 Å². The molecule has 0 aliphatic carbocycles. The van der Waals surface area contributed by atoms with Gasteiger partial charge in [0, 0.05) is 16.2 Å². The maximum Gasteiger partial charge on any atom is 0.250 e. The first kappa shape index (κ1) is 20.7. The van der Waals surface area contributed by atoms with E-state index in [0.29, 0.717) is 5.57 Å². The molecular weight excluding hydrogens is 496 g/mol. The summed E-state index contributed by atoms with van der Waals surface area (Å²) in [7, 11) is -2.29. The van der Waals surface area contributed by atoms with Crippen LogP contribution in [0.15, 0.2) is 65.1 Å². The number of hydrogen-bond donors (Lipinski definition) is 2. The second-order valence-corrected chi connectivity index (χ2v) is 9.40. The Bertz CT molecular complexity index is 1030. The zero-order valence-corrected chi connectivity index (χ0v) is 18.2. The Morgan fingerprint density at radius 3 is 2.46 bits per heavy atom. The number of carbonyl (C=O) groups is 1. The zero-order chi connectivity index (χ0) is 20.5. The van der Waals surface area contributed by atoms with Crippen molar-refractivity contribution in [2.45, 2.75) is 24.0 Å². The molecule has 148 valence electrons. The van der Waals surface area contributed by atoms with Crippen molar-refractivity contribution in [3.8, 4) is 0 Å². The van der Waals surface area contributed by atoms with E-state index in [4.69, 9.17) is 0 Å². The number of nitrogens with zero attached hydrogens (tertiary/aromatic N) is 1. The van der Waals surface area contributed by atoms with Crippen molar-refractivity contribution in [3.05, 3.63) is 69.6 Å². The third kappa shape index (κ3) is 4.36. The van der Waals surface area contributed by atoms with Crippen LogP contribution in [0.5, 0.6) is 0 Å². The summed E-state index contributed by atoms with van der Waals surface area (Å²) in [6.07, 6.45) is 0.745. The van der Waals surface area contributed by atoms with Gasteiger partial charge in [-0.25, -0.2) is 17.5 Å². The van der Waals surface area contributed by atoms with Crippen LogP contribution < -0.4 is 10.0 Å². The summed E-state index contributed by atoms with van der Waals surface area (Å²) < 4.78 is 43.2. The first-order valence-corrected chi connectivity index (χ1v) is 11.0. The fraction of sp³-hybridized carbons (Fsp3) is 0.211. The number of benzene rings is 2. The Balaban J connectivity index is 1.94. The van der Waals surface area contributed by atoms with Crippen molar-refractivity contribution in [1.29, 1.82) is 0 Å². The normalized spacial score (nSPS) is 20.1. The highest BCUT2D eigenvalue weighted by Crippen LogP contribution is 2.24. The summed E-state index contributed by atoms with van der Waals surface area (Å²) in [5.41, 5.74) is 0.589. The van der Waals surface area contributed by atoms with Crippen LogP contribution in [-0.2, 0) is 14.8 Å². The van der Waals surface area contributed by atoms with Gasteiger partial charge in [-0.2, -0.15) is 0 Å². The quantitative estimate of drug-likeness (QED) is 0.601. The van der Waals surface area contributed by atoms with Crippen LogP contribution in [0.1, 0.15) is 6.92 Å². The molecule has 2 unspecified atom stereocenters. The zero-order valence-electron chi connectivity index (χ0n) is 15.2. The van der Waals surface area contributed by atoms with Gasteiger partial charge in [0.25, 0.3) is 5.91 Å². The SMILES string of the molecule is CC1=CC(NS(=O)(=O)c2ccccc2)C(Nc2ccc(I)cc2F)N(C)C1=O. The minimum Gasteiger partial charge on any atom is -0.361 e. The molecule has 0 radical (unpaired) electrons. The number of nitrogens with one attached hydrogen (secondary N) is 2. The van der Waals surface area contributed by atoms with Crippen LogP contribution in [0.25, 0.3) is 0 Å². The summed E-state index contributed by atoms with van der Waals surface area (Å²) in [4.78, 5) is 13.9. The molecule has 9 heteroatoms. The van der Waals surface area contributed by atoms with Gasteiger partial charge in [0.15, 0.2) is 0 Å². The molecule has 1 aliphatic heterocycles. The number of rotatable bonds is 5. The molecular formula is C19H19FIN3O3S.